The standard InChI is InChI=1S/C20H23FN2O3/c1-15(24)23(12-11-16-7-3-5-9-18(16)21)14-20(25)22-13-17-8-4-6-10-19(17)26-2/h3-10H,11-14H2,1-2H3,(H,22,25). The summed E-state index contributed by atoms with van der Waals surface area (Å²) < 4.78 is 18.9. The number of hydrogen-bond donors (Lipinski definition) is 1. The lowest BCUT2D eigenvalue weighted by Crippen LogP contribution is -2.40. The highest BCUT2D eigenvalue weighted by Gasteiger charge is 2.15. The van der Waals surface area contributed by atoms with Crippen LogP contribution >= 0.6 is 0 Å². The third-order valence-corrected chi connectivity index (χ3v) is 4.06. The second-order valence-electron chi connectivity index (χ2n) is 5.87. The minimum atomic E-state index is -0.309. The molecule has 0 radical (unpaired) electrons. The number of nitrogens with one attached hydrogen (secondary N) is 1. The van der Waals surface area contributed by atoms with Crippen molar-refractivity contribution >= 4 is 11.8 Å². The van der Waals surface area contributed by atoms with E-state index < -0.39 is 0 Å². The van der Waals surface area contributed by atoms with Crippen LogP contribution in [-0.2, 0) is 22.6 Å². The zero-order chi connectivity index (χ0) is 18.9. The first kappa shape index (κ1) is 19.4. The number of halogens is 1. The Morgan fingerprint density at radius 3 is 2.38 bits per heavy atom. The van der Waals surface area contributed by atoms with Crippen LogP contribution in [0, 0.1) is 5.82 Å². The molecule has 0 aliphatic carbocycles. The molecule has 0 saturated carbocycles. The van der Waals surface area contributed by atoms with E-state index in [9.17, 15) is 14.0 Å². The monoisotopic (exact) mass is 358 g/mol. The van der Waals surface area contributed by atoms with E-state index >= 15 is 0 Å². The molecule has 5 nitrogen and oxygen atoms in total. The average Bonchev–Trinajstić information content (AvgIpc) is 2.64. The van der Waals surface area contributed by atoms with Crippen LogP contribution in [0.15, 0.2) is 48.5 Å². The number of rotatable bonds is 8. The Morgan fingerprint density at radius 1 is 1.08 bits per heavy atom. The summed E-state index contributed by atoms with van der Waals surface area (Å²) in [6.07, 6.45) is 0.353. The number of hydrogen-bond acceptors (Lipinski definition) is 3. The van der Waals surface area contributed by atoms with Crippen molar-refractivity contribution in [2.45, 2.75) is 19.9 Å². The summed E-state index contributed by atoms with van der Waals surface area (Å²) in [7, 11) is 1.57. The number of carbonyl (C=O) groups is 2. The lowest BCUT2D eigenvalue weighted by molar-refractivity contribution is -0.134. The third kappa shape index (κ3) is 5.58. The Labute approximate surface area is 152 Å². The lowest BCUT2D eigenvalue weighted by atomic mass is 10.1. The highest BCUT2D eigenvalue weighted by Crippen LogP contribution is 2.16. The van der Waals surface area contributed by atoms with Gasteiger partial charge in [-0.25, -0.2) is 4.39 Å². The lowest BCUT2D eigenvalue weighted by Gasteiger charge is -2.21. The number of para-hydroxylation sites is 1. The fraction of sp³-hybridized carbons (Fsp3) is 0.300. The largest absolute Gasteiger partial charge is 0.496 e. The zero-order valence-electron chi connectivity index (χ0n) is 15.0. The Kier molecular flexibility index (Phi) is 7.14. The first-order chi connectivity index (χ1) is 12.5. The van der Waals surface area contributed by atoms with Gasteiger partial charge in [-0.1, -0.05) is 36.4 Å². The van der Waals surface area contributed by atoms with Crippen molar-refractivity contribution in [2.75, 3.05) is 20.2 Å². The predicted octanol–water partition coefficient (Wildman–Crippen LogP) is 2.54. The molecule has 0 aromatic heterocycles. The first-order valence-corrected chi connectivity index (χ1v) is 8.38. The second kappa shape index (κ2) is 9.56. The predicted molar refractivity (Wildman–Crippen MR) is 97.2 cm³/mol. The Hall–Kier alpha value is -2.89. The Morgan fingerprint density at radius 2 is 1.73 bits per heavy atom. The summed E-state index contributed by atoms with van der Waals surface area (Å²) in [5.74, 6) is -0.124. The molecule has 2 rings (SSSR count). The van der Waals surface area contributed by atoms with E-state index in [1.807, 2.05) is 24.3 Å². The number of methoxy groups -OCH3 is 1. The highest BCUT2D eigenvalue weighted by molar-refractivity contribution is 5.83. The van der Waals surface area contributed by atoms with E-state index in [0.717, 1.165) is 5.56 Å². The molecule has 0 spiro atoms. The maximum absolute atomic E-state index is 13.7. The SMILES string of the molecule is COc1ccccc1CNC(=O)CN(CCc1ccccc1F)C(C)=O. The van der Waals surface area contributed by atoms with E-state index in [2.05, 4.69) is 5.32 Å². The van der Waals surface area contributed by atoms with Gasteiger partial charge in [0.1, 0.15) is 11.6 Å². The molecule has 0 atom stereocenters. The first-order valence-electron chi connectivity index (χ1n) is 8.38. The minimum absolute atomic E-state index is 0.0705. The smallest absolute Gasteiger partial charge is 0.239 e. The Balaban J connectivity index is 1.89. The molecule has 0 aliphatic rings. The molecule has 2 aromatic carbocycles. The normalized spacial score (nSPS) is 10.3. The van der Waals surface area contributed by atoms with Crippen molar-refractivity contribution in [1.29, 1.82) is 0 Å². The fourth-order valence-electron chi connectivity index (χ4n) is 2.58. The van der Waals surface area contributed by atoms with Gasteiger partial charge in [0.05, 0.1) is 13.7 Å². The molecular weight excluding hydrogens is 335 g/mol. The van der Waals surface area contributed by atoms with Crippen molar-refractivity contribution < 1.29 is 18.7 Å². The van der Waals surface area contributed by atoms with Gasteiger partial charge in [-0.15, -0.1) is 0 Å². The molecule has 0 aliphatic heterocycles. The van der Waals surface area contributed by atoms with Gasteiger partial charge in [0, 0.05) is 25.6 Å². The van der Waals surface area contributed by atoms with Crippen molar-refractivity contribution in [3.63, 3.8) is 0 Å². The van der Waals surface area contributed by atoms with Crippen molar-refractivity contribution in [3.05, 3.63) is 65.5 Å². The highest BCUT2D eigenvalue weighted by atomic mass is 19.1. The molecule has 138 valence electrons. The maximum atomic E-state index is 13.7. The number of carbonyl (C=O) groups excluding carboxylic acids is 2. The minimum Gasteiger partial charge on any atom is -0.496 e. The van der Waals surface area contributed by atoms with Crippen LogP contribution in [0.3, 0.4) is 0 Å². The molecule has 2 aromatic rings. The van der Waals surface area contributed by atoms with Gasteiger partial charge in [-0.05, 0) is 24.1 Å². The van der Waals surface area contributed by atoms with E-state index in [-0.39, 0.29) is 30.7 Å². The molecule has 26 heavy (non-hydrogen) atoms. The Bertz CT molecular complexity index is 764. The molecule has 6 heteroatoms. The summed E-state index contributed by atoms with van der Waals surface area (Å²) in [6, 6.07) is 13.8. The molecule has 0 bridgehead atoms. The number of benzene rings is 2. The number of amides is 2. The second-order valence-corrected chi connectivity index (χ2v) is 5.87. The topological polar surface area (TPSA) is 58.6 Å². The average molecular weight is 358 g/mol. The molecule has 0 saturated heterocycles. The maximum Gasteiger partial charge on any atom is 0.239 e. The summed E-state index contributed by atoms with van der Waals surface area (Å²) in [4.78, 5) is 25.4. The molecule has 0 unspecified atom stereocenters. The molecule has 0 heterocycles. The quantitative estimate of drug-likeness (QED) is 0.789. The van der Waals surface area contributed by atoms with Gasteiger partial charge in [0.15, 0.2) is 0 Å². The van der Waals surface area contributed by atoms with Crippen LogP contribution in [0.5, 0.6) is 5.75 Å². The van der Waals surface area contributed by atoms with Gasteiger partial charge >= 0.3 is 0 Å². The third-order valence-electron chi connectivity index (χ3n) is 4.06. The van der Waals surface area contributed by atoms with Crippen molar-refractivity contribution in [1.82, 2.24) is 10.2 Å². The van der Waals surface area contributed by atoms with Gasteiger partial charge in [-0.3, -0.25) is 9.59 Å². The van der Waals surface area contributed by atoms with Gasteiger partial charge in [0.2, 0.25) is 11.8 Å². The summed E-state index contributed by atoms with van der Waals surface area (Å²) >= 11 is 0. The van der Waals surface area contributed by atoms with Crippen LogP contribution in [0.1, 0.15) is 18.1 Å². The van der Waals surface area contributed by atoms with E-state index in [0.29, 0.717) is 24.3 Å². The fourth-order valence-corrected chi connectivity index (χ4v) is 2.58. The van der Waals surface area contributed by atoms with E-state index in [1.165, 1.54) is 17.9 Å². The van der Waals surface area contributed by atoms with Gasteiger partial charge < -0.3 is 15.0 Å². The molecular formula is C20H23FN2O3. The van der Waals surface area contributed by atoms with E-state index in [1.54, 1.807) is 25.3 Å². The van der Waals surface area contributed by atoms with Gasteiger partial charge in [-0.2, -0.15) is 0 Å². The molecule has 1 N–H and O–H groups in total. The number of nitrogens with zero attached hydrogens (tertiary/aromatic N) is 1. The van der Waals surface area contributed by atoms with Crippen LogP contribution in [0.4, 0.5) is 4.39 Å². The number of ether oxygens (including phenoxy) is 1. The summed E-state index contributed by atoms with van der Waals surface area (Å²) in [5, 5.41) is 2.78. The van der Waals surface area contributed by atoms with Crippen LogP contribution in [0.25, 0.3) is 0 Å². The summed E-state index contributed by atoms with van der Waals surface area (Å²) in [5.41, 5.74) is 1.37. The van der Waals surface area contributed by atoms with Crippen LogP contribution in [-0.4, -0.2) is 36.9 Å². The zero-order valence-corrected chi connectivity index (χ0v) is 15.0. The van der Waals surface area contributed by atoms with E-state index in [4.69, 9.17) is 4.74 Å². The molecule has 2 amide bonds. The summed E-state index contributed by atoms with van der Waals surface area (Å²) in [6.45, 7) is 1.91. The van der Waals surface area contributed by atoms with Crippen molar-refractivity contribution in [2.24, 2.45) is 0 Å². The van der Waals surface area contributed by atoms with Crippen LogP contribution in [0.2, 0.25) is 0 Å². The molecule has 0 fully saturated rings. The van der Waals surface area contributed by atoms with Crippen molar-refractivity contribution in [3.8, 4) is 5.75 Å². The van der Waals surface area contributed by atoms with Crippen LogP contribution < -0.4 is 10.1 Å². The van der Waals surface area contributed by atoms with Gasteiger partial charge in [0.25, 0.3) is 0 Å².